The molecule has 0 unspecified atom stereocenters. The van der Waals surface area contributed by atoms with Gasteiger partial charge in [-0.2, -0.15) is 5.10 Å². The topological polar surface area (TPSA) is 55.9 Å². The average Bonchev–Trinajstić information content (AvgIpc) is 2.26. The molecule has 0 fully saturated rings. The number of aromatic nitrogens is 2. The molecule has 0 atom stereocenters. The van der Waals surface area contributed by atoms with E-state index in [0.717, 1.165) is 12.4 Å². The molecule has 0 bridgehead atoms. The van der Waals surface area contributed by atoms with Crippen LogP contribution in [0.1, 0.15) is 13.8 Å². The second kappa shape index (κ2) is 3.47. The van der Waals surface area contributed by atoms with Gasteiger partial charge in [-0.05, 0) is 5.92 Å². The van der Waals surface area contributed by atoms with Crippen LogP contribution in [0.3, 0.4) is 0 Å². The number of hydrogen-bond donors (Lipinski definition) is 2. The molecule has 1 rings (SSSR count). The fourth-order valence-electron chi connectivity index (χ4n) is 0.945. The lowest BCUT2D eigenvalue weighted by molar-refractivity contribution is 0.683. The van der Waals surface area contributed by atoms with Crippen molar-refractivity contribution in [2.24, 2.45) is 13.0 Å². The molecule has 0 saturated carbocycles. The van der Waals surface area contributed by atoms with Crippen molar-refractivity contribution in [2.45, 2.75) is 13.8 Å². The van der Waals surface area contributed by atoms with Crippen molar-refractivity contribution >= 4 is 11.5 Å². The summed E-state index contributed by atoms with van der Waals surface area (Å²) in [4.78, 5) is 0. The molecule has 3 N–H and O–H groups in total. The van der Waals surface area contributed by atoms with Gasteiger partial charge >= 0.3 is 0 Å². The van der Waals surface area contributed by atoms with E-state index in [9.17, 15) is 0 Å². The van der Waals surface area contributed by atoms with Crippen molar-refractivity contribution in [3.8, 4) is 0 Å². The van der Waals surface area contributed by atoms with E-state index in [4.69, 9.17) is 5.73 Å². The Bertz CT molecular complexity index is 252. The van der Waals surface area contributed by atoms with Gasteiger partial charge in [0.25, 0.3) is 0 Å². The third-order valence-electron chi connectivity index (χ3n) is 1.53. The third-order valence-corrected chi connectivity index (χ3v) is 1.53. The Morgan fingerprint density at radius 2 is 2.33 bits per heavy atom. The highest BCUT2D eigenvalue weighted by molar-refractivity contribution is 5.59. The van der Waals surface area contributed by atoms with E-state index in [1.807, 2.05) is 7.05 Å². The van der Waals surface area contributed by atoms with E-state index in [1.54, 1.807) is 10.9 Å². The Hall–Kier alpha value is -1.19. The highest BCUT2D eigenvalue weighted by atomic mass is 15.3. The molecule has 0 radical (unpaired) electrons. The lowest BCUT2D eigenvalue weighted by atomic mass is 10.2. The first-order valence-electron chi connectivity index (χ1n) is 4.12. The molecule has 1 aromatic heterocycles. The minimum atomic E-state index is 0.603. The van der Waals surface area contributed by atoms with Gasteiger partial charge < -0.3 is 11.1 Å². The van der Waals surface area contributed by atoms with E-state index in [-0.39, 0.29) is 0 Å². The van der Waals surface area contributed by atoms with E-state index in [1.165, 1.54) is 0 Å². The average molecular weight is 168 g/mol. The van der Waals surface area contributed by atoms with Crippen molar-refractivity contribution in [2.75, 3.05) is 17.6 Å². The van der Waals surface area contributed by atoms with Gasteiger partial charge in [0.15, 0.2) is 5.82 Å². The van der Waals surface area contributed by atoms with E-state index in [2.05, 4.69) is 24.3 Å². The van der Waals surface area contributed by atoms with Crippen LogP contribution in [0.5, 0.6) is 0 Å². The number of nitrogen functional groups attached to an aromatic ring is 1. The molecule has 0 aliphatic carbocycles. The maximum Gasteiger partial charge on any atom is 0.171 e. The predicted octanol–water partition coefficient (Wildman–Crippen LogP) is 1.07. The van der Waals surface area contributed by atoms with Crippen LogP contribution < -0.4 is 11.1 Å². The summed E-state index contributed by atoms with van der Waals surface area (Å²) in [5, 5.41) is 7.34. The maximum absolute atomic E-state index is 5.68. The minimum absolute atomic E-state index is 0.603. The molecule has 4 heteroatoms. The summed E-state index contributed by atoms with van der Waals surface area (Å²) in [7, 11) is 1.86. The Labute approximate surface area is 72.8 Å². The molecule has 1 heterocycles. The summed E-state index contributed by atoms with van der Waals surface area (Å²) < 4.78 is 1.71. The lowest BCUT2D eigenvalue weighted by Gasteiger charge is -2.05. The first-order valence-corrected chi connectivity index (χ1v) is 4.12. The van der Waals surface area contributed by atoms with E-state index in [0.29, 0.717) is 11.6 Å². The van der Waals surface area contributed by atoms with Crippen LogP contribution in [-0.2, 0) is 7.05 Å². The van der Waals surface area contributed by atoms with Gasteiger partial charge in [-0.3, -0.25) is 4.68 Å². The largest absolute Gasteiger partial charge is 0.394 e. The number of hydrogen-bond acceptors (Lipinski definition) is 3. The lowest BCUT2D eigenvalue weighted by Crippen LogP contribution is -2.09. The second-order valence-electron chi connectivity index (χ2n) is 3.38. The Balaban J connectivity index is 2.57. The van der Waals surface area contributed by atoms with Crippen molar-refractivity contribution in [3.05, 3.63) is 6.20 Å². The molecule has 4 nitrogen and oxygen atoms in total. The smallest absolute Gasteiger partial charge is 0.171 e. The normalized spacial score (nSPS) is 10.7. The number of aryl methyl sites for hydroxylation is 1. The zero-order chi connectivity index (χ0) is 9.14. The first-order chi connectivity index (χ1) is 5.59. The van der Waals surface area contributed by atoms with Crippen LogP contribution in [0.4, 0.5) is 11.5 Å². The SMILES string of the molecule is CC(C)CNc1nn(C)cc1N. The van der Waals surface area contributed by atoms with E-state index < -0.39 is 0 Å². The van der Waals surface area contributed by atoms with Crippen molar-refractivity contribution < 1.29 is 0 Å². The fraction of sp³-hybridized carbons (Fsp3) is 0.625. The summed E-state index contributed by atoms with van der Waals surface area (Å²) in [5.74, 6) is 1.39. The predicted molar refractivity (Wildman–Crippen MR) is 50.9 cm³/mol. The van der Waals surface area contributed by atoms with Gasteiger partial charge in [-0.15, -0.1) is 0 Å². The third kappa shape index (κ3) is 2.15. The number of rotatable bonds is 3. The fourth-order valence-corrected chi connectivity index (χ4v) is 0.945. The second-order valence-corrected chi connectivity index (χ2v) is 3.38. The van der Waals surface area contributed by atoms with Gasteiger partial charge in [0.1, 0.15) is 0 Å². The molecule has 0 amide bonds. The molecule has 0 aliphatic rings. The Morgan fingerprint density at radius 3 is 2.75 bits per heavy atom. The molecule has 1 aromatic rings. The highest BCUT2D eigenvalue weighted by Crippen LogP contribution is 2.14. The summed E-state index contributed by atoms with van der Waals surface area (Å²) in [6.07, 6.45) is 1.79. The molecule has 0 spiro atoms. The molecule has 0 saturated heterocycles. The molecular weight excluding hydrogens is 152 g/mol. The summed E-state index contributed by atoms with van der Waals surface area (Å²) in [6, 6.07) is 0. The minimum Gasteiger partial charge on any atom is -0.394 e. The van der Waals surface area contributed by atoms with Crippen LogP contribution in [0.25, 0.3) is 0 Å². The standard InChI is InChI=1S/C8H16N4/c1-6(2)4-10-8-7(9)5-12(3)11-8/h5-6H,4,9H2,1-3H3,(H,10,11). The van der Waals surface area contributed by atoms with Gasteiger partial charge in [0.2, 0.25) is 0 Å². The van der Waals surface area contributed by atoms with E-state index >= 15 is 0 Å². The maximum atomic E-state index is 5.68. The number of anilines is 2. The van der Waals surface area contributed by atoms with Gasteiger partial charge in [0.05, 0.1) is 5.69 Å². The quantitative estimate of drug-likeness (QED) is 0.709. The number of nitrogens with two attached hydrogens (primary N) is 1. The van der Waals surface area contributed by atoms with Gasteiger partial charge in [-0.25, -0.2) is 0 Å². The van der Waals surface area contributed by atoms with Crippen LogP contribution in [-0.4, -0.2) is 16.3 Å². The summed E-state index contributed by atoms with van der Waals surface area (Å²) in [6.45, 7) is 5.19. The summed E-state index contributed by atoms with van der Waals surface area (Å²) in [5.41, 5.74) is 6.39. The van der Waals surface area contributed by atoms with Crippen molar-refractivity contribution in [3.63, 3.8) is 0 Å². The first kappa shape index (κ1) is 8.90. The molecule has 0 aliphatic heterocycles. The Kier molecular flexibility index (Phi) is 2.58. The molecule has 68 valence electrons. The van der Waals surface area contributed by atoms with Crippen molar-refractivity contribution in [1.82, 2.24) is 9.78 Å². The molecule has 12 heavy (non-hydrogen) atoms. The van der Waals surface area contributed by atoms with Crippen LogP contribution in [0, 0.1) is 5.92 Å². The van der Waals surface area contributed by atoms with Crippen LogP contribution in [0.15, 0.2) is 6.20 Å². The molecule has 0 aromatic carbocycles. The monoisotopic (exact) mass is 168 g/mol. The number of nitrogens with zero attached hydrogens (tertiary/aromatic N) is 2. The summed E-state index contributed by atoms with van der Waals surface area (Å²) >= 11 is 0. The zero-order valence-corrected chi connectivity index (χ0v) is 7.83. The molecular formula is C8H16N4. The van der Waals surface area contributed by atoms with Crippen LogP contribution in [0.2, 0.25) is 0 Å². The van der Waals surface area contributed by atoms with Crippen LogP contribution >= 0.6 is 0 Å². The van der Waals surface area contributed by atoms with Gasteiger partial charge in [0, 0.05) is 19.8 Å². The number of nitrogens with one attached hydrogen (secondary N) is 1. The van der Waals surface area contributed by atoms with Gasteiger partial charge in [-0.1, -0.05) is 13.8 Å². The highest BCUT2D eigenvalue weighted by Gasteiger charge is 2.02. The Morgan fingerprint density at radius 1 is 1.67 bits per heavy atom. The zero-order valence-electron chi connectivity index (χ0n) is 7.83. The van der Waals surface area contributed by atoms with Crippen molar-refractivity contribution in [1.29, 1.82) is 0 Å².